The van der Waals surface area contributed by atoms with Crippen molar-refractivity contribution in [1.82, 2.24) is 20.0 Å². The highest BCUT2D eigenvalue weighted by molar-refractivity contribution is 7.15. The fraction of sp³-hybridized carbons (Fsp3) is 0.278. The Bertz CT molecular complexity index is 949. The Kier molecular flexibility index (Phi) is 5.52. The third kappa shape index (κ3) is 4.60. The molecule has 2 heterocycles. The summed E-state index contributed by atoms with van der Waals surface area (Å²) in [6, 6.07) is 12.5. The number of nitrogens with zero attached hydrogens (tertiary/aromatic N) is 4. The van der Waals surface area contributed by atoms with E-state index in [2.05, 4.69) is 34.5 Å². The van der Waals surface area contributed by atoms with Gasteiger partial charge in [0.2, 0.25) is 11.0 Å². The van der Waals surface area contributed by atoms with Crippen molar-refractivity contribution in [3.63, 3.8) is 0 Å². The summed E-state index contributed by atoms with van der Waals surface area (Å²) in [6.45, 7) is 4.01. The number of anilines is 1. The molecule has 26 heavy (non-hydrogen) atoms. The second-order valence-electron chi connectivity index (χ2n) is 6.23. The lowest BCUT2D eigenvalue weighted by atomic mass is 10.1. The van der Waals surface area contributed by atoms with Crippen molar-refractivity contribution in [2.75, 3.05) is 5.32 Å². The topological polar surface area (TPSA) is 89.8 Å². The molecule has 0 aliphatic heterocycles. The maximum Gasteiger partial charge on any atom is 0.267 e. The first-order valence-electron chi connectivity index (χ1n) is 8.27. The summed E-state index contributed by atoms with van der Waals surface area (Å²) < 4.78 is 1.15. The molecule has 0 spiro atoms. The van der Waals surface area contributed by atoms with Gasteiger partial charge in [-0.25, -0.2) is 4.68 Å². The molecule has 1 aromatic carbocycles. The standard InChI is InChI=1S/C18H19N5O2S/c1-12(2)10-16-20-21-18(26-16)19-15(24)11-23-17(25)9-8-14(22-23)13-6-4-3-5-7-13/h3-9,12H,10-11H2,1-2H3,(H,19,21,24). The van der Waals surface area contributed by atoms with Gasteiger partial charge >= 0.3 is 0 Å². The lowest BCUT2D eigenvalue weighted by Gasteiger charge is -2.06. The molecule has 1 N–H and O–H groups in total. The summed E-state index contributed by atoms with van der Waals surface area (Å²) in [7, 11) is 0. The predicted molar refractivity (Wildman–Crippen MR) is 101 cm³/mol. The van der Waals surface area contributed by atoms with Crippen LogP contribution in [0.2, 0.25) is 0 Å². The number of hydrogen-bond acceptors (Lipinski definition) is 6. The van der Waals surface area contributed by atoms with Gasteiger partial charge in [0.15, 0.2) is 0 Å². The average Bonchev–Trinajstić information content (AvgIpc) is 3.03. The van der Waals surface area contributed by atoms with Gasteiger partial charge in [-0.3, -0.25) is 14.9 Å². The van der Waals surface area contributed by atoms with Gasteiger partial charge in [-0.1, -0.05) is 55.5 Å². The van der Waals surface area contributed by atoms with E-state index < -0.39 is 0 Å². The van der Waals surface area contributed by atoms with Gasteiger partial charge < -0.3 is 0 Å². The van der Waals surface area contributed by atoms with Crippen molar-refractivity contribution in [3.05, 3.63) is 57.8 Å². The monoisotopic (exact) mass is 369 g/mol. The largest absolute Gasteiger partial charge is 0.299 e. The molecular weight excluding hydrogens is 350 g/mol. The fourth-order valence-corrected chi connectivity index (χ4v) is 3.32. The van der Waals surface area contributed by atoms with Crippen molar-refractivity contribution in [2.24, 2.45) is 5.92 Å². The molecule has 0 aliphatic carbocycles. The van der Waals surface area contributed by atoms with Gasteiger partial charge in [0.05, 0.1) is 5.69 Å². The number of aromatic nitrogens is 4. The average molecular weight is 369 g/mol. The van der Waals surface area contributed by atoms with Crippen molar-refractivity contribution in [3.8, 4) is 11.3 Å². The van der Waals surface area contributed by atoms with E-state index in [9.17, 15) is 9.59 Å². The summed E-state index contributed by atoms with van der Waals surface area (Å²) in [5.41, 5.74) is 1.18. The Morgan fingerprint density at radius 2 is 1.92 bits per heavy atom. The summed E-state index contributed by atoms with van der Waals surface area (Å²) in [4.78, 5) is 24.3. The van der Waals surface area contributed by atoms with Crippen LogP contribution in [-0.4, -0.2) is 25.9 Å². The number of rotatable bonds is 6. The fourth-order valence-electron chi connectivity index (χ4n) is 2.36. The molecule has 3 aromatic rings. The minimum absolute atomic E-state index is 0.182. The van der Waals surface area contributed by atoms with Crippen LogP contribution in [-0.2, 0) is 17.8 Å². The van der Waals surface area contributed by atoms with Crippen LogP contribution in [0.15, 0.2) is 47.3 Å². The highest BCUT2D eigenvalue weighted by Gasteiger charge is 2.12. The van der Waals surface area contributed by atoms with Crippen molar-refractivity contribution < 1.29 is 4.79 Å². The normalized spacial score (nSPS) is 10.9. The molecular formula is C18H19N5O2S. The molecule has 0 atom stereocenters. The van der Waals surface area contributed by atoms with E-state index in [1.807, 2.05) is 30.3 Å². The Morgan fingerprint density at radius 1 is 1.15 bits per heavy atom. The highest BCUT2D eigenvalue weighted by atomic mass is 32.1. The molecule has 2 aromatic heterocycles. The van der Waals surface area contributed by atoms with Crippen LogP contribution in [0.4, 0.5) is 5.13 Å². The van der Waals surface area contributed by atoms with Crippen LogP contribution >= 0.6 is 11.3 Å². The van der Waals surface area contributed by atoms with E-state index in [1.165, 1.54) is 17.4 Å². The Hall–Kier alpha value is -2.87. The summed E-state index contributed by atoms with van der Waals surface area (Å²) in [5, 5.41) is 16.3. The van der Waals surface area contributed by atoms with Crippen LogP contribution in [0.25, 0.3) is 11.3 Å². The van der Waals surface area contributed by atoms with Crippen LogP contribution in [0.5, 0.6) is 0 Å². The van der Waals surface area contributed by atoms with Gasteiger partial charge in [-0.2, -0.15) is 5.10 Å². The van der Waals surface area contributed by atoms with E-state index in [0.717, 1.165) is 21.7 Å². The zero-order valence-electron chi connectivity index (χ0n) is 14.5. The van der Waals surface area contributed by atoms with Gasteiger partial charge in [0, 0.05) is 18.1 Å². The first-order chi connectivity index (χ1) is 12.5. The number of nitrogens with one attached hydrogen (secondary N) is 1. The molecule has 0 fully saturated rings. The molecule has 1 amide bonds. The summed E-state index contributed by atoms with van der Waals surface area (Å²) in [6.07, 6.45) is 0.813. The van der Waals surface area contributed by atoms with Gasteiger partial charge in [-0.05, 0) is 12.0 Å². The number of amides is 1. The van der Waals surface area contributed by atoms with Crippen LogP contribution in [0.1, 0.15) is 18.9 Å². The third-order valence-corrected chi connectivity index (χ3v) is 4.39. The van der Waals surface area contributed by atoms with Gasteiger partial charge in [0.25, 0.3) is 5.56 Å². The molecule has 3 rings (SSSR count). The quantitative estimate of drug-likeness (QED) is 0.721. The van der Waals surface area contributed by atoms with E-state index in [4.69, 9.17) is 0 Å². The number of benzene rings is 1. The molecule has 0 bridgehead atoms. The smallest absolute Gasteiger partial charge is 0.267 e. The Balaban J connectivity index is 1.71. The second-order valence-corrected chi connectivity index (χ2v) is 7.29. The van der Waals surface area contributed by atoms with Gasteiger partial charge in [-0.15, -0.1) is 10.2 Å². The SMILES string of the molecule is CC(C)Cc1nnc(NC(=O)Cn2nc(-c3ccccc3)ccc2=O)s1. The molecule has 7 nitrogen and oxygen atoms in total. The Labute approximate surface area is 154 Å². The maximum atomic E-state index is 12.2. The zero-order valence-corrected chi connectivity index (χ0v) is 15.4. The minimum atomic E-state index is -0.364. The molecule has 134 valence electrons. The summed E-state index contributed by atoms with van der Waals surface area (Å²) in [5.74, 6) is 0.104. The van der Waals surface area contributed by atoms with Crippen molar-refractivity contribution in [2.45, 2.75) is 26.8 Å². The van der Waals surface area contributed by atoms with Crippen LogP contribution in [0.3, 0.4) is 0 Å². The lowest BCUT2D eigenvalue weighted by Crippen LogP contribution is -2.29. The highest BCUT2D eigenvalue weighted by Crippen LogP contribution is 2.18. The molecule has 0 aliphatic rings. The molecule has 0 saturated heterocycles. The number of carbonyl (C=O) groups excluding carboxylic acids is 1. The van der Waals surface area contributed by atoms with Crippen molar-refractivity contribution in [1.29, 1.82) is 0 Å². The minimum Gasteiger partial charge on any atom is -0.299 e. The maximum absolute atomic E-state index is 12.2. The zero-order chi connectivity index (χ0) is 18.5. The predicted octanol–water partition coefficient (Wildman–Crippen LogP) is 2.60. The first-order valence-corrected chi connectivity index (χ1v) is 9.09. The number of hydrogen-bond donors (Lipinski definition) is 1. The van der Waals surface area contributed by atoms with E-state index >= 15 is 0 Å². The summed E-state index contributed by atoms with van der Waals surface area (Å²) >= 11 is 1.34. The Morgan fingerprint density at radius 3 is 2.65 bits per heavy atom. The third-order valence-electron chi connectivity index (χ3n) is 3.53. The van der Waals surface area contributed by atoms with E-state index in [-0.39, 0.29) is 18.0 Å². The van der Waals surface area contributed by atoms with Crippen LogP contribution in [0, 0.1) is 5.92 Å². The van der Waals surface area contributed by atoms with E-state index in [0.29, 0.717) is 16.7 Å². The van der Waals surface area contributed by atoms with E-state index in [1.54, 1.807) is 6.07 Å². The first kappa shape index (κ1) is 17.9. The molecule has 0 saturated carbocycles. The second kappa shape index (κ2) is 8.01. The number of carbonyl (C=O) groups is 1. The molecule has 0 unspecified atom stereocenters. The molecule has 8 heteroatoms. The van der Waals surface area contributed by atoms with Crippen molar-refractivity contribution >= 4 is 22.4 Å². The molecule has 0 radical (unpaired) electrons. The van der Waals surface area contributed by atoms with Gasteiger partial charge in [0.1, 0.15) is 11.6 Å². The lowest BCUT2D eigenvalue weighted by molar-refractivity contribution is -0.117. The van der Waals surface area contributed by atoms with Crippen LogP contribution < -0.4 is 10.9 Å².